The first-order chi connectivity index (χ1) is 17.2. The highest BCUT2D eigenvalue weighted by atomic mass is 19.4. The number of likely N-dealkylation sites (tertiary alicyclic amines) is 1. The van der Waals surface area contributed by atoms with Gasteiger partial charge in [0.2, 0.25) is 0 Å². The van der Waals surface area contributed by atoms with Crippen molar-refractivity contribution in [2.75, 3.05) is 13.1 Å². The fraction of sp³-hybridized carbons (Fsp3) is 0.259. The molecule has 36 heavy (non-hydrogen) atoms. The Kier molecular flexibility index (Phi) is 7.69. The molecule has 0 atom stereocenters. The minimum atomic E-state index is -5.08. The van der Waals surface area contributed by atoms with Gasteiger partial charge >= 0.3 is 12.1 Å². The molecule has 1 saturated heterocycles. The van der Waals surface area contributed by atoms with E-state index >= 15 is 0 Å². The van der Waals surface area contributed by atoms with E-state index in [1.807, 2.05) is 0 Å². The van der Waals surface area contributed by atoms with Crippen LogP contribution in [-0.2, 0) is 11.3 Å². The predicted octanol–water partition coefficient (Wildman–Crippen LogP) is 6.66. The molecule has 1 aromatic heterocycles. The van der Waals surface area contributed by atoms with Crippen LogP contribution in [0.1, 0.15) is 24.8 Å². The summed E-state index contributed by atoms with van der Waals surface area (Å²) >= 11 is 0. The quantitative estimate of drug-likeness (QED) is 0.308. The summed E-state index contributed by atoms with van der Waals surface area (Å²) in [5.74, 6) is -2.26. The number of carbonyl (C=O) groups is 1. The van der Waals surface area contributed by atoms with Crippen LogP contribution in [0.3, 0.4) is 0 Å². The molecule has 2 N–H and O–H groups in total. The van der Waals surface area contributed by atoms with E-state index in [1.165, 1.54) is 61.2 Å². The molecule has 0 saturated carbocycles. The van der Waals surface area contributed by atoms with Crippen molar-refractivity contribution in [3.8, 4) is 22.5 Å². The van der Waals surface area contributed by atoms with Crippen LogP contribution < -0.4 is 0 Å². The second kappa shape index (κ2) is 10.9. The largest absolute Gasteiger partial charge is 0.490 e. The number of carboxylic acids is 1. The number of halogens is 4. The number of benzene rings is 3. The molecule has 3 aromatic carbocycles. The summed E-state index contributed by atoms with van der Waals surface area (Å²) in [5.41, 5.74) is 6.25. The molecule has 5 nitrogen and oxygen atoms in total. The van der Waals surface area contributed by atoms with Gasteiger partial charge in [0.1, 0.15) is 11.6 Å². The summed E-state index contributed by atoms with van der Waals surface area (Å²) in [4.78, 5) is 19.2. The summed E-state index contributed by atoms with van der Waals surface area (Å²) in [6, 6.07) is 21.9. The first kappa shape index (κ1) is 25.4. The highest BCUT2D eigenvalue weighted by Gasteiger charge is 2.38. The number of nitrogens with zero attached hydrogens (tertiary/aromatic N) is 2. The van der Waals surface area contributed by atoms with E-state index in [-0.39, 0.29) is 5.82 Å². The molecule has 2 heterocycles. The van der Waals surface area contributed by atoms with E-state index < -0.39 is 12.1 Å². The fourth-order valence-corrected chi connectivity index (χ4v) is 4.12. The summed E-state index contributed by atoms with van der Waals surface area (Å²) in [6.07, 6.45) is -1.06. The lowest BCUT2D eigenvalue weighted by molar-refractivity contribution is -0.192. The molecule has 0 bridgehead atoms. The van der Waals surface area contributed by atoms with Crippen LogP contribution in [0.15, 0.2) is 66.7 Å². The number of carboxylic acid groups (broad SMARTS) is 1. The van der Waals surface area contributed by atoms with Gasteiger partial charge in [0.15, 0.2) is 0 Å². The number of aromatic nitrogens is 2. The van der Waals surface area contributed by atoms with Gasteiger partial charge in [0.05, 0.1) is 11.0 Å². The highest BCUT2D eigenvalue weighted by molar-refractivity contribution is 5.80. The first-order valence-corrected chi connectivity index (χ1v) is 11.6. The van der Waals surface area contributed by atoms with Gasteiger partial charge < -0.3 is 10.1 Å². The number of aliphatic carboxylic acids is 1. The van der Waals surface area contributed by atoms with Gasteiger partial charge in [-0.25, -0.2) is 14.2 Å². The standard InChI is InChI=1S/C25H24FN3.C2HF3O2/c26-22-12-13-23-24(16-22)28-25(27-23)21-10-8-20(9-11-21)19-6-4-18(5-7-19)17-29-14-2-1-3-15-29;3-2(4,5)1(6)7/h4-13,16H,1-3,14-15,17H2,(H,27,28);(H,6,7). The van der Waals surface area contributed by atoms with E-state index in [2.05, 4.69) is 63.4 Å². The Morgan fingerprint density at radius 3 is 2.03 bits per heavy atom. The Morgan fingerprint density at radius 2 is 1.44 bits per heavy atom. The third-order valence-corrected chi connectivity index (χ3v) is 5.99. The minimum Gasteiger partial charge on any atom is -0.475 e. The van der Waals surface area contributed by atoms with Gasteiger partial charge in [0.25, 0.3) is 0 Å². The van der Waals surface area contributed by atoms with Crippen LogP contribution in [0.2, 0.25) is 0 Å². The van der Waals surface area contributed by atoms with Gasteiger partial charge in [-0.3, -0.25) is 4.90 Å². The normalized spacial score (nSPS) is 14.3. The molecule has 188 valence electrons. The van der Waals surface area contributed by atoms with Crippen LogP contribution in [0, 0.1) is 5.82 Å². The summed E-state index contributed by atoms with van der Waals surface area (Å²) < 4.78 is 45.1. The van der Waals surface area contributed by atoms with Crippen molar-refractivity contribution in [1.82, 2.24) is 14.9 Å². The number of hydrogen-bond acceptors (Lipinski definition) is 3. The molecular formula is C27H25F4N3O2. The summed E-state index contributed by atoms with van der Waals surface area (Å²) in [7, 11) is 0. The van der Waals surface area contributed by atoms with Crippen molar-refractivity contribution in [2.45, 2.75) is 32.0 Å². The number of imidazole rings is 1. The maximum Gasteiger partial charge on any atom is 0.490 e. The summed E-state index contributed by atoms with van der Waals surface area (Å²) in [5, 5.41) is 7.12. The molecular weight excluding hydrogens is 474 g/mol. The van der Waals surface area contributed by atoms with Crippen LogP contribution in [0.5, 0.6) is 0 Å². The lowest BCUT2D eigenvalue weighted by Gasteiger charge is -2.26. The lowest BCUT2D eigenvalue weighted by atomic mass is 10.0. The maximum absolute atomic E-state index is 13.4. The molecule has 1 aliphatic heterocycles. The highest BCUT2D eigenvalue weighted by Crippen LogP contribution is 2.26. The Morgan fingerprint density at radius 1 is 0.889 bits per heavy atom. The number of alkyl halides is 3. The average molecular weight is 500 g/mol. The Labute approximate surface area is 205 Å². The lowest BCUT2D eigenvalue weighted by Crippen LogP contribution is -2.28. The van der Waals surface area contributed by atoms with E-state index in [0.29, 0.717) is 5.52 Å². The Balaban J connectivity index is 0.000000384. The van der Waals surface area contributed by atoms with Crippen LogP contribution in [-0.4, -0.2) is 45.2 Å². The molecule has 1 aliphatic rings. The molecule has 0 unspecified atom stereocenters. The van der Waals surface area contributed by atoms with E-state index in [1.54, 1.807) is 6.07 Å². The van der Waals surface area contributed by atoms with Crippen molar-refractivity contribution in [1.29, 1.82) is 0 Å². The average Bonchev–Trinajstić information content (AvgIpc) is 3.28. The smallest absolute Gasteiger partial charge is 0.475 e. The van der Waals surface area contributed by atoms with Gasteiger partial charge in [-0.15, -0.1) is 0 Å². The molecule has 4 aromatic rings. The third kappa shape index (κ3) is 6.48. The van der Waals surface area contributed by atoms with Crippen LogP contribution in [0.4, 0.5) is 17.6 Å². The summed E-state index contributed by atoms with van der Waals surface area (Å²) in [6.45, 7) is 3.49. The zero-order chi connectivity index (χ0) is 25.7. The number of piperidine rings is 1. The molecule has 9 heteroatoms. The molecule has 1 fully saturated rings. The molecule has 0 spiro atoms. The van der Waals surface area contributed by atoms with Crippen molar-refractivity contribution in [2.24, 2.45) is 0 Å². The number of hydrogen-bond donors (Lipinski definition) is 2. The number of rotatable bonds is 4. The van der Waals surface area contributed by atoms with Gasteiger partial charge in [0, 0.05) is 12.1 Å². The molecule has 0 aliphatic carbocycles. The maximum atomic E-state index is 13.4. The third-order valence-electron chi connectivity index (χ3n) is 5.99. The molecule has 0 radical (unpaired) electrons. The van der Waals surface area contributed by atoms with Gasteiger partial charge in [-0.05, 0) is 60.8 Å². The van der Waals surface area contributed by atoms with Crippen LogP contribution in [0.25, 0.3) is 33.5 Å². The van der Waals surface area contributed by atoms with Crippen molar-refractivity contribution in [3.63, 3.8) is 0 Å². The molecule has 5 rings (SSSR count). The zero-order valence-electron chi connectivity index (χ0n) is 19.4. The van der Waals surface area contributed by atoms with Crippen molar-refractivity contribution >= 4 is 17.0 Å². The minimum absolute atomic E-state index is 0.258. The second-order valence-electron chi connectivity index (χ2n) is 8.66. The van der Waals surface area contributed by atoms with Crippen molar-refractivity contribution in [3.05, 3.63) is 78.1 Å². The van der Waals surface area contributed by atoms with E-state index in [4.69, 9.17) is 9.90 Å². The Bertz CT molecular complexity index is 1310. The topological polar surface area (TPSA) is 69.2 Å². The predicted molar refractivity (Wildman–Crippen MR) is 130 cm³/mol. The Hall–Kier alpha value is -3.72. The number of fused-ring (bicyclic) bond motifs is 1. The number of aromatic amines is 1. The zero-order valence-corrected chi connectivity index (χ0v) is 19.4. The van der Waals surface area contributed by atoms with Gasteiger partial charge in [-0.1, -0.05) is 55.0 Å². The molecule has 0 amide bonds. The monoisotopic (exact) mass is 499 g/mol. The number of H-pyrrole nitrogens is 1. The van der Waals surface area contributed by atoms with E-state index in [0.717, 1.165) is 23.4 Å². The van der Waals surface area contributed by atoms with Gasteiger partial charge in [-0.2, -0.15) is 13.2 Å². The SMILES string of the molecule is Fc1ccc2nc(-c3ccc(-c4ccc(CN5CCCCC5)cc4)cc3)[nH]c2c1.O=C(O)C(F)(F)F. The van der Waals surface area contributed by atoms with Crippen LogP contribution >= 0.6 is 0 Å². The van der Waals surface area contributed by atoms with E-state index in [9.17, 15) is 17.6 Å². The fourth-order valence-electron chi connectivity index (χ4n) is 4.12. The first-order valence-electron chi connectivity index (χ1n) is 11.6. The van der Waals surface area contributed by atoms with Crippen molar-refractivity contribution < 1.29 is 27.5 Å². The number of nitrogens with one attached hydrogen (secondary N) is 1. The second-order valence-corrected chi connectivity index (χ2v) is 8.66.